The molecule has 0 bridgehead atoms. The predicted molar refractivity (Wildman–Crippen MR) is 349 cm³/mol. The van der Waals surface area contributed by atoms with Crippen LogP contribution in [0.15, 0.2) is 24.3 Å². The van der Waals surface area contributed by atoms with Gasteiger partial charge in [0.25, 0.3) is 0 Å². The van der Waals surface area contributed by atoms with Gasteiger partial charge in [0.15, 0.2) is 6.10 Å². The smallest absolute Gasteiger partial charge is 0.306 e. The van der Waals surface area contributed by atoms with Crippen LogP contribution in [0.25, 0.3) is 0 Å². The van der Waals surface area contributed by atoms with Gasteiger partial charge in [-0.2, -0.15) is 0 Å². The van der Waals surface area contributed by atoms with E-state index in [0.29, 0.717) is 19.3 Å². The number of hydrogen-bond donors (Lipinski definition) is 0. The van der Waals surface area contributed by atoms with Gasteiger partial charge in [-0.05, 0) is 51.4 Å². The Morgan fingerprint density at radius 1 is 0.250 bits per heavy atom. The van der Waals surface area contributed by atoms with Crippen LogP contribution in [0.5, 0.6) is 0 Å². The van der Waals surface area contributed by atoms with E-state index in [0.717, 1.165) is 70.6 Å². The van der Waals surface area contributed by atoms with Gasteiger partial charge in [0.05, 0.1) is 0 Å². The van der Waals surface area contributed by atoms with Crippen LogP contribution in [-0.2, 0) is 28.6 Å². The lowest BCUT2D eigenvalue weighted by Crippen LogP contribution is -2.30. The second kappa shape index (κ2) is 69.4. The molecule has 0 amide bonds. The fourth-order valence-electron chi connectivity index (χ4n) is 11.2. The summed E-state index contributed by atoms with van der Waals surface area (Å²) >= 11 is 0. The van der Waals surface area contributed by atoms with Crippen molar-refractivity contribution in [1.82, 2.24) is 0 Å². The molecule has 0 spiro atoms. The predicted octanol–water partition coefficient (Wildman–Crippen LogP) is 25.0. The van der Waals surface area contributed by atoms with Crippen LogP contribution in [0.4, 0.5) is 0 Å². The van der Waals surface area contributed by atoms with Gasteiger partial charge in [-0.1, -0.05) is 366 Å². The van der Waals surface area contributed by atoms with E-state index in [9.17, 15) is 14.4 Å². The van der Waals surface area contributed by atoms with E-state index in [-0.39, 0.29) is 31.1 Å². The molecule has 6 nitrogen and oxygen atoms in total. The van der Waals surface area contributed by atoms with Crippen LogP contribution in [-0.4, -0.2) is 37.2 Å². The molecule has 0 heterocycles. The molecule has 0 aromatic carbocycles. The molecule has 0 aliphatic rings. The highest BCUT2D eigenvalue weighted by Crippen LogP contribution is 2.19. The number of ether oxygens (including phenoxy) is 3. The van der Waals surface area contributed by atoms with E-state index in [4.69, 9.17) is 14.2 Å². The summed E-state index contributed by atoms with van der Waals surface area (Å²) in [6, 6.07) is 0. The third-order valence-electron chi connectivity index (χ3n) is 16.7. The lowest BCUT2D eigenvalue weighted by molar-refractivity contribution is -0.167. The summed E-state index contributed by atoms with van der Waals surface area (Å²) in [5.74, 6) is -0.839. The first kappa shape index (κ1) is 77.9. The number of carbonyl (C=O) groups is 3. The van der Waals surface area contributed by atoms with Crippen molar-refractivity contribution in [2.24, 2.45) is 0 Å². The van der Waals surface area contributed by atoms with Crippen LogP contribution in [0.1, 0.15) is 412 Å². The average Bonchev–Trinajstić information content (AvgIpc) is 3.46. The summed E-state index contributed by atoms with van der Waals surface area (Å²) in [6.07, 6.45) is 84.9. The molecule has 0 aliphatic carbocycles. The highest BCUT2D eigenvalue weighted by molar-refractivity contribution is 5.71. The monoisotopic (exact) mass is 1130 g/mol. The number of rotatable bonds is 68. The van der Waals surface area contributed by atoms with Crippen molar-refractivity contribution >= 4 is 17.9 Å². The van der Waals surface area contributed by atoms with E-state index in [1.54, 1.807) is 0 Å². The Morgan fingerprint density at radius 2 is 0.450 bits per heavy atom. The van der Waals surface area contributed by atoms with Crippen LogP contribution >= 0.6 is 0 Å². The highest BCUT2D eigenvalue weighted by Gasteiger charge is 2.19. The average molecular weight is 1130 g/mol. The molecular weight excluding hydrogens is 985 g/mol. The number of esters is 3. The molecule has 0 saturated heterocycles. The molecule has 0 fully saturated rings. The van der Waals surface area contributed by atoms with Gasteiger partial charge in [-0.25, -0.2) is 0 Å². The van der Waals surface area contributed by atoms with E-state index >= 15 is 0 Å². The Labute approximate surface area is 500 Å². The zero-order chi connectivity index (χ0) is 57.8. The van der Waals surface area contributed by atoms with Gasteiger partial charge < -0.3 is 14.2 Å². The first-order chi connectivity index (χ1) is 39.5. The minimum atomic E-state index is -0.772. The summed E-state index contributed by atoms with van der Waals surface area (Å²) in [4.78, 5) is 38.5. The molecule has 0 rings (SSSR count). The first-order valence-corrected chi connectivity index (χ1v) is 36.3. The third-order valence-corrected chi connectivity index (χ3v) is 16.7. The third kappa shape index (κ3) is 66.7. The van der Waals surface area contributed by atoms with E-state index in [1.807, 2.05) is 0 Å². The van der Waals surface area contributed by atoms with Crippen LogP contribution in [0.3, 0.4) is 0 Å². The molecule has 0 aromatic heterocycles. The Bertz CT molecular complexity index is 1290. The maximum absolute atomic E-state index is 13.0. The van der Waals surface area contributed by atoms with Crippen molar-refractivity contribution in [3.63, 3.8) is 0 Å². The van der Waals surface area contributed by atoms with Gasteiger partial charge in [0.2, 0.25) is 0 Å². The highest BCUT2D eigenvalue weighted by atomic mass is 16.6. The molecule has 1 unspecified atom stereocenters. The summed E-state index contributed by atoms with van der Waals surface area (Å²) < 4.78 is 17.0. The minimum Gasteiger partial charge on any atom is -0.462 e. The van der Waals surface area contributed by atoms with Gasteiger partial charge in [-0.15, -0.1) is 0 Å². The summed E-state index contributed by atoms with van der Waals surface area (Å²) in [5.41, 5.74) is 0. The van der Waals surface area contributed by atoms with Gasteiger partial charge >= 0.3 is 17.9 Å². The Kier molecular flexibility index (Phi) is 67.6. The van der Waals surface area contributed by atoms with Crippen molar-refractivity contribution in [3.05, 3.63) is 24.3 Å². The normalized spacial score (nSPS) is 12.1. The van der Waals surface area contributed by atoms with Gasteiger partial charge in [-0.3, -0.25) is 14.4 Å². The summed E-state index contributed by atoms with van der Waals surface area (Å²) in [5, 5.41) is 0. The van der Waals surface area contributed by atoms with Crippen molar-refractivity contribution in [2.45, 2.75) is 419 Å². The maximum atomic E-state index is 13.0. The van der Waals surface area contributed by atoms with Crippen LogP contribution in [0.2, 0.25) is 0 Å². The number of carbonyl (C=O) groups excluding carboxylic acids is 3. The zero-order valence-corrected chi connectivity index (χ0v) is 54.4. The van der Waals surface area contributed by atoms with E-state index in [2.05, 4.69) is 45.1 Å². The van der Waals surface area contributed by atoms with Gasteiger partial charge in [0.1, 0.15) is 13.2 Å². The molecule has 0 radical (unpaired) electrons. The second-order valence-corrected chi connectivity index (χ2v) is 24.9. The molecular formula is C74H140O6. The molecule has 0 N–H and O–H groups in total. The first-order valence-electron chi connectivity index (χ1n) is 36.3. The Balaban J connectivity index is 4.28. The van der Waals surface area contributed by atoms with Crippen LogP contribution in [0, 0.1) is 0 Å². The molecule has 472 valence electrons. The topological polar surface area (TPSA) is 78.9 Å². The number of allylic oxidation sites excluding steroid dienone is 4. The second-order valence-electron chi connectivity index (χ2n) is 24.9. The standard InChI is InChI=1S/C74H140O6/c1-4-7-10-13-16-19-22-25-28-31-33-35-37-39-40-43-46-49-52-55-58-61-64-67-73(76)79-70-71(69-78-72(75)66-63-60-57-54-51-48-45-42-30-27-24-21-18-15-12-9-6-3)80-74(77)68-65-62-59-56-53-50-47-44-41-38-36-34-32-29-26-23-20-17-14-11-8-5-2/h18,21,27,30,71H,4-17,19-20,22-26,28-29,31-70H2,1-3H3/b21-18-,30-27-. The number of unbranched alkanes of at least 4 members (excludes halogenated alkanes) is 53. The molecule has 1 atom stereocenters. The zero-order valence-electron chi connectivity index (χ0n) is 54.4. The van der Waals surface area contributed by atoms with Crippen molar-refractivity contribution < 1.29 is 28.6 Å². The molecule has 0 saturated carbocycles. The lowest BCUT2D eigenvalue weighted by atomic mass is 10.0. The SMILES string of the molecule is CCCCC/C=C\C/C=C\CCCCCCCCCC(=O)OCC(COC(=O)CCCCCCCCCCCCCCCCCCCCCCCCC)OC(=O)CCCCCCCCCCCCCCCCCCCCCCCC. The lowest BCUT2D eigenvalue weighted by Gasteiger charge is -2.18. The van der Waals surface area contributed by atoms with Crippen molar-refractivity contribution in [2.75, 3.05) is 13.2 Å². The summed E-state index contributed by atoms with van der Waals surface area (Å²) in [6.45, 7) is 6.70. The van der Waals surface area contributed by atoms with E-state index < -0.39 is 6.10 Å². The minimum absolute atomic E-state index is 0.0669. The van der Waals surface area contributed by atoms with Crippen molar-refractivity contribution in [3.8, 4) is 0 Å². The quantitative estimate of drug-likeness (QED) is 0.0261. The summed E-state index contributed by atoms with van der Waals surface area (Å²) in [7, 11) is 0. The molecule has 80 heavy (non-hydrogen) atoms. The van der Waals surface area contributed by atoms with E-state index in [1.165, 1.54) is 302 Å². The largest absolute Gasteiger partial charge is 0.462 e. The Hall–Kier alpha value is -2.11. The molecule has 0 aromatic rings. The van der Waals surface area contributed by atoms with Gasteiger partial charge in [0, 0.05) is 19.3 Å². The Morgan fingerprint density at radius 3 is 0.713 bits per heavy atom. The fourth-order valence-corrected chi connectivity index (χ4v) is 11.2. The number of hydrogen-bond acceptors (Lipinski definition) is 6. The fraction of sp³-hybridized carbons (Fsp3) is 0.905. The molecule has 6 heteroatoms. The maximum Gasteiger partial charge on any atom is 0.306 e. The van der Waals surface area contributed by atoms with Crippen LogP contribution < -0.4 is 0 Å². The molecule has 0 aliphatic heterocycles. The van der Waals surface area contributed by atoms with Crippen molar-refractivity contribution in [1.29, 1.82) is 0 Å².